The van der Waals surface area contributed by atoms with Crippen molar-refractivity contribution >= 4 is 59.8 Å². The summed E-state index contributed by atoms with van der Waals surface area (Å²) >= 11 is 0. The van der Waals surface area contributed by atoms with Gasteiger partial charge in [0.25, 0.3) is 0 Å². The first-order valence-corrected chi connectivity index (χ1v) is 18.8. The maximum atomic E-state index is 6.72. The standard InChI is InChI=1S/C51H33N3O/c1-2-10-32(11-3-1)34-18-21-36(22-19-34)42-28-29-44(47-43-16-8-9-17-46(43)55-48(42)47)51-53-49(39-26-20-33-12-4-5-14-38(33)30-39)52-50(54-51)40-27-25-37-24-23-35-13-6-7-15-41(35)45(37)31-40/h1-2,4-10,12-31H,3,11H2. The molecule has 11 rings (SSSR count). The van der Waals surface area contributed by atoms with Crippen molar-refractivity contribution in [3.63, 3.8) is 0 Å². The van der Waals surface area contributed by atoms with Crippen molar-refractivity contribution in [1.82, 2.24) is 15.0 Å². The van der Waals surface area contributed by atoms with E-state index in [1.54, 1.807) is 0 Å². The SMILES string of the molecule is C1=CCCC(c2ccc(-c3ccc(-c4nc(-c5ccc6ccccc6c5)nc(-c5ccc6ccc7ccccc7c6c5)n4)c4c3oc3ccccc34)cc2)=C1. The van der Waals surface area contributed by atoms with Crippen LogP contribution in [0.3, 0.4) is 0 Å². The Kier molecular flexibility index (Phi) is 7.27. The number of para-hydroxylation sites is 1. The number of furan rings is 1. The van der Waals surface area contributed by atoms with Crippen LogP contribution in [0.5, 0.6) is 0 Å². The largest absolute Gasteiger partial charge is 0.455 e. The van der Waals surface area contributed by atoms with Crippen LogP contribution < -0.4 is 0 Å². The molecule has 0 atom stereocenters. The minimum Gasteiger partial charge on any atom is -0.455 e. The molecule has 8 aromatic carbocycles. The fraction of sp³-hybridized carbons (Fsp3) is 0.0392. The topological polar surface area (TPSA) is 51.8 Å². The summed E-state index contributed by atoms with van der Waals surface area (Å²) in [5, 5.41) is 9.06. The predicted octanol–water partition coefficient (Wildman–Crippen LogP) is 13.6. The van der Waals surface area contributed by atoms with Crippen LogP contribution in [-0.2, 0) is 0 Å². The van der Waals surface area contributed by atoms with E-state index in [1.165, 1.54) is 38.1 Å². The molecule has 0 saturated heterocycles. The lowest BCUT2D eigenvalue weighted by Crippen LogP contribution is -2.01. The highest BCUT2D eigenvalue weighted by Crippen LogP contribution is 2.42. The Morgan fingerprint density at radius 2 is 1.04 bits per heavy atom. The molecular weight excluding hydrogens is 671 g/mol. The Morgan fingerprint density at radius 1 is 0.436 bits per heavy atom. The summed E-state index contributed by atoms with van der Waals surface area (Å²) in [4.78, 5) is 15.7. The molecule has 0 radical (unpaired) electrons. The number of hydrogen-bond donors (Lipinski definition) is 0. The number of fused-ring (bicyclic) bond motifs is 7. The van der Waals surface area contributed by atoms with Crippen molar-refractivity contribution in [3.8, 4) is 45.3 Å². The molecule has 0 amide bonds. The predicted molar refractivity (Wildman–Crippen MR) is 228 cm³/mol. The Morgan fingerprint density at radius 3 is 1.84 bits per heavy atom. The summed E-state index contributed by atoms with van der Waals surface area (Å²) in [5.74, 6) is 1.84. The molecule has 0 bridgehead atoms. The zero-order valence-electron chi connectivity index (χ0n) is 29.9. The zero-order valence-corrected chi connectivity index (χ0v) is 29.9. The highest BCUT2D eigenvalue weighted by atomic mass is 16.3. The minimum atomic E-state index is 0.599. The molecular formula is C51H33N3O. The zero-order chi connectivity index (χ0) is 36.3. The van der Waals surface area contributed by atoms with Crippen molar-refractivity contribution in [2.24, 2.45) is 0 Å². The molecule has 4 heteroatoms. The van der Waals surface area contributed by atoms with Gasteiger partial charge in [0.05, 0.1) is 0 Å². The second kappa shape index (κ2) is 12.8. The lowest BCUT2D eigenvalue weighted by molar-refractivity contribution is 0.670. The summed E-state index contributed by atoms with van der Waals surface area (Å²) in [6.07, 6.45) is 8.74. The smallest absolute Gasteiger partial charge is 0.164 e. The fourth-order valence-corrected chi connectivity index (χ4v) is 8.17. The molecule has 0 fully saturated rings. The summed E-state index contributed by atoms with van der Waals surface area (Å²) in [6.45, 7) is 0. The molecule has 10 aromatic rings. The molecule has 55 heavy (non-hydrogen) atoms. The van der Waals surface area contributed by atoms with E-state index in [0.29, 0.717) is 17.5 Å². The van der Waals surface area contributed by atoms with Crippen LogP contribution in [0.4, 0.5) is 0 Å². The van der Waals surface area contributed by atoms with Crippen LogP contribution >= 0.6 is 0 Å². The molecule has 0 saturated carbocycles. The minimum absolute atomic E-state index is 0.599. The van der Waals surface area contributed by atoms with E-state index < -0.39 is 0 Å². The first-order valence-electron chi connectivity index (χ1n) is 18.8. The first kappa shape index (κ1) is 31.4. The van der Waals surface area contributed by atoms with Gasteiger partial charge in [-0.25, -0.2) is 15.0 Å². The maximum Gasteiger partial charge on any atom is 0.164 e. The fourth-order valence-electron chi connectivity index (χ4n) is 8.17. The number of nitrogens with zero attached hydrogens (tertiary/aromatic N) is 3. The van der Waals surface area contributed by atoms with E-state index in [2.05, 4.69) is 164 Å². The Labute approximate surface area is 317 Å². The van der Waals surface area contributed by atoms with Crippen molar-refractivity contribution in [1.29, 1.82) is 0 Å². The van der Waals surface area contributed by atoms with Crippen molar-refractivity contribution in [2.45, 2.75) is 12.8 Å². The highest BCUT2D eigenvalue weighted by molar-refractivity contribution is 6.16. The first-order chi connectivity index (χ1) is 27.2. The molecule has 0 unspecified atom stereocenters. The number of rotatable bonds is 5. The normalized spacial score (nSPS) is 13.0. The number of allylic oxidation sites excluding steroid dienone is 4. The van der Waals surface area contributed by atoms with Gasteiger partial charge in [-0.15, -0.1) is 0 Å². The molecule has 1 aliphatic carbocycles. The maximum absolute atomic E-state index is 6.72. The van der Waals surface area contributed by atoms with Crippen LogP contribution in [0.25, 0.3) is 105 Å². The van der Waals surface area contributed by atoms with Crippen molar-refractivity contribution < 1.29 is 4.42 Å². The molecule has 2 heterocycles. The van der Waals surface area contributed by atoms with Gasteiger partial charge >= 0.3 is 0 Å². The molecule has 258 valence electrons. The lowest BCUT2D eigenvalue weighted by Gasteiger charge is -2.13. The monoisotopic (exact) mass is 703 g/mol. The van der Waals surface area contributed by atoms with Crippen molar-refractivity contribution in [3.05, 3.63) is 182 Å². The summed E-state index contributed by atoms with van der Waals surface area (Å²) in [6, 6.07) is 55.6. The van der Waals surface area contributed by atoms with E-state index in [4.69, 9.17) is 19.4 Å². The van der Waals surface area contributed by atoms with E-state index in [-0.39, 0.29) is 0 Å². The van der Waals surface area contributed by atoms with Crippen LogP contribution in [-0.4, -0.2) is 15.0 Å². The third-order valence-electron chi connectivity index (χ3n) is 11.0. The highest BCUT2D eigenvalue weighted by Gasteiger charge is 2.21. The second-order valence-corrected chi connectivity index (χ2v) is 14.3. The molecule has 0 aliphatic heterocycles. The van der Waals surface area contributed by atoms with Gasteiger partial charge in [0.2, 0.25) is 0 Å². The van der Waals surface area contributed by atoms with E-state index >= 15 is 0 Å². The molecule has 1 aliphatic rings. The van der Waals surface area contributed by atoms with Gasteiger partial charge in [-0.1, -0.05) is 146 Å². The summed E-state index contributed by atoms with van der Waals surface area (Å²) in [5.41, 5.74) is 9.16. The van der Waals surface area contributed by atoms with Gasteiger partial charge in [0.1, 0.15) is 11.2 Å². The van der Waals surface area contributed by atoms with Crippen LogP contribution in [0.15, 0.2) is 180 Å². The van der Waals surface area contributed by atoms with Crippen LogP contribution in [0.2, 0.25) is 0 Å². The Bertz CT molecular complexity index is 3210. The van der Waals surface area contributed by atoms with Crippen molar-refractivity contribution in [2.75, 3.05) is 0 Å². The molecule has 2 aromatic heterocycles. The number of benzene rings is 8. The average Bonchev–Trinajstić information content (AvgIpc) is 3.66. The summed E-state index contributed by atoms with van der Waals surface area (Å²) < 4.78 is 6.72. The molecule has 0 spiro atoms. The number of aromatic nitrogens is 3. The van der Waals surface area contributed by atoms with Gasteiger partial charge in [0.15, 0.2) is 17.5 Å². The second-order valence-electron chi connectivity index (χ2n) is 14.3. The van der Waals surface area contributed by atoms with Crippen LogP contribution in [0, 0.1) is 0 Å². The molecule has 0 N–H and O–H groups in total. The van der Waals surface area contributed by atoms with E-state index in [1.807, 2.05) is 12.1 Å². The number of hydrogen-bond acceptors (Lipinski definition) is 4. The van der Waals surface area contributed by atoms with E-state index in [0.717, 1.165) is 68.0 Å². The Hall–Kier alpha value is -7.17. The average molecular weight is 704 g/mol. The van der Waals surface area contributed by atoms with E-state index in [9.17, 15) is 0 Å². The third-order valence-corrected chi connectivity index (χ3v) is 11.0. The van der Waals surface area contributed by atoms with Gasteiger partial charge in [-0.2, -0.15) is 0 Å². The van der Waals surface area contributed by atoms with Gasteiger partial charge in [-0.05, 0) is 92.2 Å². The van der Waals surface area contributed by atoms with Crippen LogP contribution in [0.1, 0.15) is 18.4 Å². The summed E-state index contributed by atoms with van der Waals surface area (Å²) in [7, 11) is 0. The third kappa shape index (κ3) is 5.42. The lowest BCUT2D eigenvalue weighted by atomic mass is 9.94. The molecule has 4 nitrogen and oxygen atoms in total. The van der Waals surface area contributed by atoms with Gasteiger partial charge < -0.3 is 4.42 Å². The van der Waals surface area contributed by atoms with Gasteiger partial charge in [0, 0.05) is 33.0 Å². The Balaban J connectivity index is 1.13. The van der Waals surface area contributed by atoms with Gasteiger partial charge in [-0.3, -0.25) is 0 Å². The quantitative estimate of drug-likeness (QED) is 0.167.